The summed E-state index contributed by atoms with van der Waals surface area (Å²) in [6, 6.07) is 0. The van der Waals surface area contributed by atoms with Crippen molar-refractivity contribution in [3.8, 4) is 0 Å². The minimum Gasteiger partial charge on any atom is -0.377 e. The summed E-state index contributed by atoms with van der Waals surface area (Å²) in [5.74, 6) is 0. The summed E-state index contributed by atoms with van der Waals surface area (Å²) in [4.78, 5) is 0. The third-order valence-corrected chi connectivity index (χ3v) is 13.0. The molecule has 0 aliphatic heterocycles. The van der Waals surface area contributed by atoms with E-state index in [0.29, 0.717) is 0 Å². The van der Waals surface area contributed by atoms with Gasteiger partial charge in [-0.2, -0.15) is 0 Å². The van der Waals surface area contributed by atoms with Crippen molar-refractivity contribution in [1.82, 2.24) is 0 Å². The number of rotatable bonds is 12. The van der Waals surface area contributed by atoms with Gasteiger partial charge in [0, 0.05) is 42.7 Å². The Balaban J connectivity index is 6.18. The van der Waals surface area contributed by atoms with Crippen LogP contribution in [-0.2, 0) is 26.6 Å². The fourth-order valence-electron chi connectivity index (χ4n) is 3.25. The Kier molecular flexibility index (Phi) is 9.45. The minimum atomic E-state index is -3.05. The van der Waals surface area contributed by atoms with Gasteiger partial charge in [0.2, 0.25) is 0 Å². The highest BCUT2D eigenvalue weighted by atomic mass is 28.5. The van der Waals surface area contributed by atoms with Gasteiger partial charge in [-0.05, 0) is 12.8 Å². The lowest BCUT2D eigenvalue weighted by Crippen LogP contribution is -2.69. The Morgan fingerprint density at radius 1 is 0.667 bits per heavy atom. The van der Waals surface area contributed by atoms with Gasteiger partial charge in [0.1, 0.15) is 4.66 Å². The highest BCUT2D eigenvalue weighted by Gasteiger charge is 2.74. The molecule has 0 aromatic carbocycles. The largest absolute Gasteiger partial charge is 0.511 e. The van der Waals surface area contributed by atoms with E-state index >= 15 is 0 Å². The van der Waals surface area contributed by atoms with Crippen LogP contribution in [0, 0.1) is 0 Å². The molecule has 8 heteroatoms. The second kappa shape index (κ2) is 9.36. The van der Waals surface area contributed by atoms with Crippen molar-refractivity contribution in [3.05, 3.63) is 0 Å². The summed E-state index contributed by atoms with van der Waals surface area (Å²) in [6.07, 6.45) is 3.58. The smallest absolute Gasteiger partial charge is 0.377 e. The second-order valence-corrected chi connectivity index (χ2v) is 12.0. The van der Waals surface area contributed by atoms with E-state index in [4.69, 9.17) is 26.6 Å². The van der Waals surface area contributed by atoms with Gasteiger partial charge in [0.25, 0.3) is 0 Å². The highest BCUT2D eigenvalue weighted by Crippen LogP contribution is 2.54. The Bertz CT molecular complexity index is 245. The van der Waals surface area contributed by atoms with Crippen LogP contribution < -0.4 is 0 Å². The van der Waals surface area contributed by atoms with E-state index in [0.717, 1.165) is 25.7 Å². The van der Waals surface area contributed by atoms with Gasteiger partial charge in [-0.25, -0.2) is 0 Å². The maximum Gasteiger partial charge on any atom is 0.511 e. The van der Waals surface area contributed by atoms with Gasteiger partial charge in [-0.15, -0.1) is 0 Å². The third-order valence-electron chi connectivity index (χ3n) is 4.35. The molecule has 0 fully saturated rings. The van der Waals surface area contributed by atoms with Crippen molar-refractivity contribution < 1.29 is 26.6 Å². The molecule has 0 amide bonds. The molecule has 0 aliphatic carbocycles. The van der Waals surface area contributed by atoms with Crippen molar-refractivity contribution in [3.63, 3.8) is 0 Å². The number of unbranched alkanes of at least 4 members (excludes halogenated alkanes) is 1. The molecule has 128 valence electrons. The highest BCUT2D eigenvalue weighted by molar-refractivity contribution is 6.85. The molecule has 0 unspecified atom stereocenters. The first-order valence-corrected chi connectivity index (χ1v) is 10.7. The van der Waals surface area contributed by atoms with Crippen molar-refractivity contribution in [2.45, 2.75) is 44.2 Å². The average molecular weight is 341 g/mol. The zero-order chi connectivity index (χ0) is 16.6. The van der Waals surface area contributed by atoms with E-state index in [2.05, 4.69) is 13.8 Å². The summed E-state index contributed by atoms with van der Waals surface area (Å²) in [5, 5.41) is 0. The van der Waals surface area contributed by atoms with E-state index in [1.54, 1.807) is 42.7 Å². The molecule has 0 saturated heterocycles. The van der Waals surface area contributed by atoms with Gasteiger partial charge in [-0.3, -0.25) is 0 Å². The normalized spacial score (nSPS) is 13.7. The first-order chi connectivity index (χ1) is 9.99. The molecule has 0 N–H and O–H groups in total. The molecule has 0 spiro atoms. The maximum absolute atomic E-state index is 5.79. The maximum atomic E-state index is 5.79. The predicted octanol–water partition coefficient (Wildman–Crippen LogP) is 2.62. The minimum absolute atomic E-state index is 0.535. The Morgan fingerprint density at radius 2 is 1.00 bits per heavy atom. The monoisotopic (exact) mass is 340 g/mol. The molecular weight excluding hydrogens is 308 g/mol. The Hall–Kier alpha value is 0.194. The topological polar surface area (TPSA) is 55.4 Å². The van der Waals surface area contributed by atoms with Crippen molar-refractivity contribution in [1.29, 1.82) is 0 Å². The summed E-state index contributed by atoms with van der Waals surface area (Å²) >= 11 is 0. The van der Waals surface area contributed by atoms with Crippen LogP contribution in [0.4, 0.5) is 0 Å². The van der Waals surface area contributed by atoms with Crippen LogP contribution in [0.2, 0.25) is 4.66 Å². The van der Waals surface area contributed by atoms with E-state index in [1.807, 2.05) is 0 Å². The first kappa shape index (κ1) is 21.2. The van der Waals surface area contributed by atoms with Gasteiger partial charge >= 0.3 is 17.6 Å². The SMILES string of the molecule is CCCCC(CC)([Si](OC)(OC)OC)[Si](OC)(OC)OC. The lowest BCUT2D eigenvalue weighted by Gasteiger charge is -2.49. The van der Waals surface area contributed by atoms with Crippen LogP contribution in [0.5, 0.6) is 0 Å². The quantitative estimate of drug-likeness (QED) is 0.509. The van der Waals surface area contributed by atoms with E-state index in [9.17, 15) is 0 Å². The van der Waals surface area contributed by atoms with Gasteiger partial charge in [0.15, 0.2) is 0 Å². The third kappa shape index (κ3) is 3.42. The van der Waals surface area contributed by atoms with Crippen LogP contribution in [0.15, 0.2) is 0 Å². The van der Waals surface area contributed by atoms with Crippen LogP contribution >= 0.6 is 0 Å². The average Bonchev–Trinajstić information content (AvgIpc) is 2.55. The fraction of sp³-hybridized carbons (Fsp3) is 1.00. The van der Waals surface area contributed by atoms with Crippen molar-refractivity contribution >= 4 is 17.6 Å². The molecule has 0 saturated carbocycles. The lowest BCUT2D eigenvalue weighted by atomic mass is 10.1. The Labute approximate surface area is 131 Å². The molecule has 6 nitrogen and oxygen atoms in total. The molecule has 21 heavy (non-hydrogen) atoms. The predicted molar refractivity (Wildman–Crippen MR) is 86.1 cm³/mol. The zero-order valence-electron chi connectivity index (χ0n) is 14.8. The standard InChI is InChI=1S/C13H32O6Si2/c1-9-11-12-13(10-2,20(14-3,15-4)16-5)21(17-6,18-7)19-8/h9-12H2,1-8H3. The summed E-state index contributed by atoms with van der Waals surface area (Å²) in [7, 11) is 3.63. The molecule has 0 atom stereocenters. The summed E-state index contributed by atoms with van der Waals surface area (Å²) < 4.78 is 34.2. The number of hydrogen-bond donors (Lipinski definition) is 0. The van der Waals surface area contributed by atoms with Crippen molar-refractivity contribution in [2.75, 3.05) is 42.7 Å². The molecule has 0 bridgehead atoms. The van der Waals surface area contributed by atoms with E-state index in [-0.39, 0.29) is 0 Å². The molecule has 0 radical (unpaired) electrons. The summed E-state index contributed by atoms with van der Waals surface area (Å²) in [6.45, 7) is 4.22. The van der Waals surface area contributed by atoms with Crippen LogP contribution in [0.1, 0.15) is 39.5 Å². The van der Waals surface area contributed by atoms with E-state index < -0.39 is 22.3 Å². The molecule has 0 heterocycles. The van der Waals surface area contributed by atoms with Gasteiger partial charge in [-0.1, -0.05) is 26.7 Å². The molecule has 0 aliphatic rings. The van der Waals surface area contributed by atoms with E-state index in [1.165, 1.54) is 0 Å². The zero-order valence-corrected chi connectivity index (χ0v) is 16.8. The number of hydrogen-bond acceptors (Lipinski definition) is 6. The van der Waals surface area contributed by atoms with Gasteiger partial charge in [0.05, 0.1) is 0 Å². The Morgan fingerprint density at radius 3 is 1.19 bits per heavy atom. The lowest BCUT2D eigenvalue weighted by molar-refractivity contribution is 0.0490. The molecule has 0 aromatic rings. The fourth-order valence-corrected chi connectivity index (χ4v) is 11.8. The molecule has 0 rings (SSSR count). The second-order valence-electron chi connectivity index (χ2n) is 4.88. The van der Waals surface area contributed by atoms with Gasteiger partial charge < -0.3 is 26.6 Å². The first-order valence-electron chi connectivity index (χ1n) is 7.30. The van der Waals surface area contributed by atoms with Crippen molar-refractivity contribution in [2.24, 2.45) is 0 Å². The van der Waals surface area contributed by atoms with Crippen LogP contribution in [0.3, 0.4) is 0 Å². The van der Waals surface area contributed by atoms with Crippen LogP contribution in [0.25, 0.3) is 0 Å². The molecular formula is C13H32O6Si2. The summed E-state index contributed by atoms with van der Waals surface area (Å²) in [5.41, 5.74) is 0. The molecule has 0 aromatic heterocycles. The van der Waals surface area contributed by atoms with Crippen LogP contribution in [-0.4, -0.2) is 60.3 Å².